The summed E-state index contributed by atoms with van der Waals surface area (Å²) in [6.45, 7) is 9.74. The Morgan fingerprint density at radius 3 is 2.52 bits per heavy atom. The van der Waals surface area contributed by atoms with Crippen molar-refractivity contribution in [3.63, 3.8) is 0 Å². The van der Waals surface area contributed by atoms with Crippen molar-refractivity contribution in [2.45, 2.75) is 58.7 Å². The van der Waals surface area contributed by atoms with Crippen LogP contribution in [0.15, 0.2) is 79.3 Å². The first-order chi connectivity index (χ1) is 21.3. The van der Waals surface area contributed by atoms with Crippen LogP contribution in [0, 0.1) is 13.8 Å². The average molecular weight is 612 g/mol. The van der Waals surface area contributed by atoms with E-state index in [1.165, 1.54) is 27.9 Å². The zero-order valence-electron chi connectivity index (χ0n) is 26.1. The summed E-state index contributed by atoms with van der Waals surface area (Å²) in [6, 6.07) is 21.6. The summed E-state index contributed by atoms with van der Waals surface area (Å²) in [5.41, 5.74) is 7.53. The second kappa shape index (κ2) is 14.7. The van der Waals surface area contributed by atoms with Crippen molar-refractivity contribution in [3.05, 3.63) is 107 Å². The van der Waals surface area contributed by atoms with Gasteiger partial charge in [-0.2, -0.15) is 0 Å². The van der Waals surface area contributed by atoms with Gasteiger partial charge >= 0.3 is 0 Å². The van der Waals surface area contributed by atoms with Gasteiger partial charge in [0.2, 0.25) is 0 Å². The quantitative estimate of drug-likeness (QED) is 0.182. The summed E-state index contributed by atoms with van der Waals surface area (Å²) < 4.78 is 5.41. The second-order valence-electron chi connectivity index (χ2n) is 11.7. The number of methoxy groups -OCH3 is 1. The van der Waals surface area contributed by atoms with Crippen LogP contribution in [0.25, 0.3) is 11.1 Å². The average Bonchev–Trinajstić information content (AvgIpc) is 3.04. The molecule has 1 saturated heterocycles. The van der Waals surface area contributed by atoms with E-state index in [4.69, 9.17) is 16.3 Å². The van der Waals surface area contributed by atoms with Crippen LogP contribution >= 0.6 is 11.6 Å². The van der Waals surface area contributed by atoms with Gasteiger partial charge < -0.3 is 19.9 Å². The number of halogens is 1. The number of aromatic nitrogens is 2. The molecule has 1 amide bonds. The van der Waals surface area contributed by atoms with E-state index in [1.807, 2.05) is 31.5 Å². The number of aryl methyl sites for hydroxylation is 2. The van der Waals surface area contributed by atoms with Crippen molar-refractivity contribution in [2.75, 3.05) is 31.6 Å². The van der Waals surface area contributed by atoms with Crippen molar-refractivity contribution >= 4 is 23.2 Å². The van der Waals surface area contributed by atoms with Gasteiger partial charge in [-0.1, -0.05) is 41.9 Å². The Kier molecular flexibility index (Phi) is 10.5. The molecule has 1 aliphatic rings. The maximum absolute atomic E-state index is 12.7. The van der Waals surface area contributed by atoms with Crippen LogP contribution in [0.3, 0.4) is 0 Å². The zero-order valence-corrected chi connectivity index (χ0v) is 26.8. The summed E-state index contributed by atoms with van der Waals surface area (Å²) in [5, 5.41) is 3.47. The molecular weight excluding hydrogens is 570 g/mol. The lowest BCUT2D eigenvalue weighted by Crippen LogP contribution is -2.48. The molecule has 0 saturated carbocycles. The minimum absolute atomic E-state index is 0.102. The first-order valence-corrected chi connectivity index (χ1v) is 15.8. The molecule has 0 bridgehead atoms. The highest BCUT2D eigenvalue weighted by Gasteiger charge is 2.29. The van der Waals surface area contributed by atoms with Gasteiger partial charge in [0.1, 0.15) is 10.9 Å². The lowest BCUT2D eigenvalue weighted by atomic mass is 9.96. The molecule has 8 heteroatoms. The topological polar surface area (TPSA) is 70.6 Å². The number of carbonyl (C=O) groups is 1. The van der Waals surface area contributed by atoms with Crippen LogP contribution in [-0.4, -0.2) is 59.6 Å². The van der Waals surface area contributed by atoms with E-state index < -0.39 is 0 Å². The van der Waals surface area contributed by atoms with Crippen molar-refractivity contribution in [1.29, 1.82) is 0 Å². The Morgan fingerprint density at radius 2 is 1.82 bits per heavy atom. The third-order valence-corrected chi connectivity index (χ3v) is 9.04. The first kappa shape index (κ1) is 31.5. The standard InChI is InChI=1S/C36H42ClN5O2/c1-25-13-17-38-22-29(25)24-42(34-8-6-5-7-32(34)28-9-11-31(44-4)12-10-28)30-15-19-41(20-16-30)27(3)14-18-39-36(43)33-23-40-35(37)21-26(33)2/h5-13,17,21-23,27,30H,14-16,18-20,24H2,1-4H3,(H,39,43)/t27-/m1/s1. The number of hydrogen-bond donors (Lipinski definition) is 1. The third-order valence-electron chi connectivity index (χ3n) is 8.84. The maximum Gasteiger partial charge on any atom is 0.253 e. The van der Waals surface area contributed by atoms with Gasteiger partial charge in [-0.3, -0.25) is 9.78 Å². The molecule has 4 aromatic rings. The number of likely N-dealkylation sites (tertiary alicyclic amines) is 1. The van der Waals surface area contributed by atoms with Crippen LogP contribution in [0.2, 0.25) is 5.15 Å². The van der Waals surface area contributed by atoms with E-state index in [0.29, 0.717) is 29.3 Å². The van der Waals surface area contributed by atoms with Gasteiger partial charge in [0.15, 0.2) is 0 Å². The highest BCUT2D eigenvalue weighted by Crippen LogP contribution is 2.36. The van der Waals surface area contributed by atoms with Crippen molar-refractivity contribution < 1.29 is 9.53 Å². The normalized spacial score (nSPS) is 14.7. The largest absolute Gasteiger partial charge is 0.497 e. The summed E-state index contributed by atoms with van der Waals surface area (Å²) in [7, 11) is 1.70. The predicted molar refractivity (Wildman–Crippen MR) is 179 cm³/mol. The molecule has 0 radical (unpaired) electrons. The molecule has 2 aromatic carbocycles. The number of rotatable bonds is 11. The number of anilines is 1. The van der Waals surface area contributed by atoms with E-state index in [2.05, 4.69) is 81.4 Å². The van der Waals surface area contributed by atoms with Crippen LogP contribution in [0.1, 0.15) is 53.2 Å². The number of nitrogens with one attached hydrogen (secondary N) is 1. The number of nitrogens with zero attached hydrogens (tertiary/aromatic N) is 4. The molecule has 44 heavy (non-hydrogen) atoms. The van der Waals surface area contributed by atoms with Crippen LogP contribution in [0.5, 0.6) is 5.75 Å². The molecule has 3 heterocycles. The minimum Gasteiger partial charge on any atom is -0.497 e. The molecular formula is C36H42ClN5O2. The molecule has 1 N–H and O–H groups in total. The van der Waals surface area contributed by atoms with Gasteiger partial charge in [-0.25, -0.2) is 4.98 Å². The monoisotopic (exact) mass is 611 g/mol. The molecule has 1 atom stereocenters. The van der Waals surface area contributed by atoms with Crippen molar-refractivity contribution in [2.24, 2.45) is 0 Å². The molecule has 0 spiro atoms. The fourth-order valence-electron chi connectivity index (χ4n) is 6.07. The number of amides is 1. The van der Waals surface area contributed by atoms with Gasteiger partial charge in [0.25, 0.3) is 5.91 Å². The number of para-hydroxylation sites is 1. The lowest BCUT2D eigenvalue weighted by Gasteiger charge is -2.42. The number of ether oxygens (including phenoxy) is 1. The number of carbonyl (C=O) groups excluding carboxylic acids is 1. The predicted octanol–water partition coefficient (Wildman–Crippen LogP) is 7.10. The Balaban J connectivity index is 1.27. The number of pyridine rings is 2. The lowest BCUT2D eigenvalue weighted by molar-refractivity contribution is 0.0944. The highest BCUT2D eigenvalue weighted by molar-refractivity contribution is 6.29. The van der Waals surface area contributed by atoms with Crippen LogP contribution in [-0.2, 0) is 6.54 Å². The number of piperidine rings is 1. The molecule has 1 aliphatic heterocycles. The van der Waals surface area contributed by atoms with Crippen molar-refractivity contribution in [1.82, 2.24) is 20.2 Å². The summed E-state index contributed by atoms with van der Waals surface area (Å²) >= 11 is 5.95. The van der Waals surface area contributed by atoms with Crippen LogP contribution < -0.4 is 15.0 Å². The molecule has 5 rings (SSSR count). The van der Waals surface area contributed by atoms with Crippen LogP contribution in [0.4, 0.5) is 5.69 Å². The van der Waals surface area contributed by atoms with Gasteiger partial charge in [0.05, 0.1) is 12.7 Å². The molecule has 0 aliphatic carbocycles. The molecule has 230 valence electrons. The van der Waals surface area contributed by atoms with E-state index in [0.717, 1.165) is 50.2 Å². The van der Waals surface area contributed by atoms with Crippen molar-refractivity contribution in [3.8, 4) is 16.9 Å². The highest BCUT2D eigenvalue weighted by atomic mass is 35.5. The number of hydrogen-bond acceptors (Lipinski definition) is 6. The Bertz CT molecular complexity index is 1550. The first-order valence-electron chi connectivity index (χ1n) is 15.4. The minimum atomic E-state index is -0.102. The van der Waals surface area contributed by atoms with E-state index in [1.54, 1.807) is 19.4 Å². The van der Waals surface area contributed by atoms with Gasteiger partial charge in [-0.05, 0) is 92.6 Å². The SMILES string of the molecule is COc1ccc(-c2ccccc2N(Cc2cnccc2C)C2CCN([C@H](C)CCNC(=O)c3cnc(Cl)cc3C)CC2)cc1. The van der Waals surface area contributed by atoms with E-state index in [9.17, 15) is 4.79 Å². The molecule has 1 fully saturated rings. The maximum atomic E-state index is 12.7. The second-order valence-corrected chi connectivity index (χ2v) is 12.0. The summed E-state index contributed by atoms with van der Waals surface area (Å²) in [6.07, 6.45) is 8.42. The Morgan fingerprint density at radius 1 is 1.07 bits per heavy atom. The summed E-state index contributed by atoms with van der Waals surface area (Å²) in [4.78, 5) is 26.4. The van der Waals surface area contributed by atoms with E-state index >= 15 is 0 Å². The molecule has 7 nitrogen and oxygen atoms in total. The smallest absolute Gasteiger partial charge is 0.253 e. The third kappa shape index (κ3) is 7.58. The Hall–Kier alpha value is -3.94. The Labute approximate surface area is 266 Å². The fourth-order valence-corrected chi connectivity index (χ4v) is 6.28. The van der Waals surface area contributed by atoms with Gasteiger partial charge in [-0.15, -0.1) is 0 Å². The summed E-state index contributed by atoms with van der Waals surface area (Å²) in [5.74, 6) is 0.752. The zero-order chi connectivity index (χ0) is 31.1. The van der Waals surface area contributed by atoms with E-state index in [-0.39, 0.29) is 5.91 Å². The molecule has 0 unspecified atom stereocenters. The van der Waals surface area contributed by atoms with Gasteiger partial charge in [0, 0.05) is 68.1 Å². The molecule has 2 aromatic heterocycles. The fraction of sp³-hybridized carbons (Fsp3) is 0.361. The number of benzene rings is 2.